The lowest BCUT2D eigenvalue weighted by Gasteiger charge is -2.16. The van der Waals surface area contributed by atoms with Crippen LogP contribution in [0, 0.1) is 12.8 Å². The lowest BCUT2D eigenvalue weighted by Crippen LogP contribution is -2.17. The van der Waals surface area contributed by atoms with Gasteiger partial charge in [0.1, 0.15) is 0 Å². The molecule has 2 N–H and O–H groups in total. The summed E-state index contributed by atoms with van der Waals surface area (Å²) in [5.41, 5.74) is 0.884. The van der Waals surface area contributed by atoms with Crippen LogP contribution in [0.4, 0.5) is 5.95 Å². The molecule has 0 radical (unpaired) electrons. The van der Waals surface area contributed by atoms with Crippen LogP contribution in [-0.2, 0) is 0 Å². The molecular formula is C14H25N3O2. The van der Waals surface area contributed by atoms with E-state index in [1.807, 2.05) is 19.9 Å². The number of nitrogens with zero attached hydrogens (tertiary/aromatic N) is 2. The Morgan fingerprint density at radius 1 is 1.32 bits per heavy atom. The number of nitrogens with one attached hydrogen (secondary N) is 1. The van der Waals surface area contributed by atoms with Crippen LogP contribution in [0.5, 0.6) is 5.88 Å². The Kier molecular flexibility index (Phi) is 7.18. The van der Waals surface area contributed by atoms with Crippen molar-refractivity contribution in [2.75, 3.05) is 25.1 Å². The highest BCUT2D eigenvalue weighted by Crippen LogP contribution is 2.15. The fourth-order valence-electron chi connectivity index (χ4n) is 2.02. The maximum absolute atomic E-state index is 9.04. The van der Waals surface area contributed by atoms with Crippen LogP contribution in [0.2, 0.25) is 0 Å². The van der Waals surface area contributed by atoms with Crippen molar-refractivity contribution < 1.29 is 9.84 Å². The van der Waals surface area contributed by atoms with Gasteiger partial charge in [0.05, 0.1) is 6.61 Å². The first-order chi connectivity index (χ1) is 9.19. The van der Waals surface area contributed by atoms with E-state index in [1.54, 1.807) is 0 Å². The Hall–Kier alpha value is -1.36. The molecule has 1 heterocycles. The van der Waals surface area contributed by atoms with Gasteiger partial charge in [0.15, 0.2) is 0 Å². The molecular weight excluding hydrogens is 242 g/mol. The van der Waals surface area contributed by atoms with Crippen molar-refractivity contribution in [3.8, 4) is 5.88 Å². The van der Waals surface area contributed by atoms with E-state index in [2.05, 4.69) is 22.2 Å². The number of ether oxygens (including phenoxy) is 1. The molecule has 0 aliphatic rings. The Morgan fingerprint density at radius 2 is 2.11 bits per heavy atom. The SMILES string of the molecule is CCCC(CCO)CNc1nc(C)cc(OCC)n1. The molecule has 1 aromatic heterocycles. The van der Waals surface area contributed by atoms with E-state index in [-0.39, 0.29) is 6.61 Å². The lowest BCUT2D eigenvalue weighted by molar-refractivity contribution is 0.255. The third kappa shape index (κ3) is 5.87. The molecule has 0 aliphatic carbocycles. The largest absolute Gasteiger partial charge is 0.478 e. The third-order valence-electron chi connectivity index (χ3n) is 2.91. The summed E-state index contributed by atoms with van der Waals surface area (Å²) in [7, 11) is 0. The molecule has 1 aromatic rings. The number of aliphatic hydroxyl groups excluding tert-OH is 1. The summed E-state index contributed by atoms with van der Waals surface area (Å²) < 4.78 is 5.40. The molecule has 5 nitrogen and oxygen atoms in total. The van der Waals surface area contributed by atoms with Gasteiger partial charge in [-0.25, -0.2) is 4.98 Å². The van der Waals surface area contributed by atoms with Crippen molar-refractivity contribution in [1.82, 2.24) is 9.97 Å². The first-order valence-corrected chi connectivity index (χ1v) is 7.02. The van der Waals surface area contributed by atoms with Crippen LogP contribution >= 0.6 is 0 Å². The second-order valence-corrected chi connectivity index (χ2v) is 4.65. The Balaban J connectivity index is 2.59. The molecule has 0 fully saturated rings. The van der Waals surface area contributed by atoms with Gasteiger partial charge in [-0.15, -0.1) is 0 Å². The number of hydrogen-bond donors (Lipinski definition) is 2. The zero-order valence-corrected chi connectivity index (χ0v) is 12.1. The zero-order valence-electron chi connectivity index (χ0n) is 12.1. The molecule has 5 heteroatoms. The van der Waals surface area contributed by atoms with Crippen LogP contribution in [0.3, 0.4) is 0 Å². The first kappa shape index (κ1) is 15.7. The number of aromatic nitrogens is 2. The minimum atomic E-state index is 0.227. The number of aryl methyl sites for hydroxylation is 1. The average molecular weight is 267 g/mol. The minimum absolute atomic E-state index is 0.227. The van der Waals surface area contributed by atoms with Gasteiger partial charge in [-0.05, 0) is 32.6 Å². The third-order valence-corrected chi connectivity index (χ3v) is 2.91. The number of rotatable bonds is 9. The summed E-state index contributed by atoms with van der Waals surface area (Å²) in [5, 5.41) is 12.3. The van der Waals surface area contributed by atoms with E-state index in [1.165, 1.54) is 0 Å². The van der Waals surface area contributed by atoms with Gasteiger partial charge in [-0.2, -0.15) is 4.98 Å². The highest BCUT2D eigenvalue weighted by molar-refractivity contribution is 5.30. The van der Waals surface area contributed by atoms with Crippen molar-refractivity contribution >= 4 is 5.95 Å². The molecule has 0 saturated carbocycles. The Morgan fingerprint density at radius 3 is 2.74 bits per heavy atom. The normalized spacial score (nSPS) is 12.2. The summed E-state index contributed by atoms with van der Waals surface area (Å²) in [6.07, 6.45) is 3.02. The molecule has 0 spiro atoms. The van der Waals surface area contributed by atoms with Crippen LogP contribution in [0.1, 0.15) is 38.8 Å². The zero-order chi connectivity index (χ0) is 14.1. The predicted octanol–water partition coefficient (Wildman–Crippen LogP) is 2.39. The fourth-order valence-corrected chi connectivity index (χ4v) is 2.02. The molecule has 19 heavy (non-hydrogen) atoms. The summed E-state index contributed by atoms with van der Waals surface area (Å²) in [6, 6.07) is 1.83. The van der Waals surface area contributed by atoms with E-state index in [4.69, 9.17) is 9.84 Å². The van der Waals surface area contributed by atoms with Gasteiger partial charge in [0.2, 0.25) is 11.8 Å². The molecule has 108 valence electrons. The average Bonchev–Trinajstić information content (AvgIpc) is 2.36. The maximum atomic E-state index is 9.04. The highest BCUT2D eigenvalue weighted by Gasteiger charge is 2.09. The standard InChI is InChI=1S/C14H25N3O2/c1-4-6-12(7-8-18)10-15-14-16-11(3)9-13(17-14)19-5-2/h9,12,18H,4-8,10H2,1-3H3,(H,15,16,17). The minimum Gasteiger partial charge on any atom is -0.478 e. The molecule has 0 saturated heterocycles. The van der Waals surface area contributed by atoms with Crippen molar-refractivity contribution in [3.05, 3.63) is 11.8 Å². The number of hydrogen-bond acceptors (Lipinski definition) is 5. The summed E-state index contributed by atoms with van der Waals surface area (Å²) in [5.74, 6) is 1.66. The molecule has 0 aromatic carbocycles. The van der Waals surface area contributed by atoms with Crippen molar-refractivity contribution in [1.29, 1.82) is 0 Å². The van der Waals surface area contributed by atoms with Crippen molar-refractivity contribution in [2.45, 2.75) is 40.0 Å². The van der Waals surface area contributed by atoms with Crippen LogP contribution in [0.25, 0.3) is 0 Å². The second kappa shape index (κ2) is 8.69. The quantitative estimate of drug-likeness (QED) is 0.719. The predicted molar refractivity (Wildman–Crippen MR) is 76.5 cm³/mol. The van der Waals surface area contributed by atoms with Gasteiger partial charge in [0.25, 0.3) is 0 Å². The van der Waals surface area contributed by atoms with Gasteiger partial charge in [0, 0.05) is 24.9 Å². The van der Waals surface area contributed by atoms with Gasteiger partial charge in [-0.3, -0.25) is 0 Å². The monoisotopic (exact) mass is 267 g/mol. The van der Waals surface area contributed by atoms with Crippen molar-refractivity contribution in [2.24, 2.45) is 5.92 Å². The molecule has 0 amide bonds. The van der Waals surface area contributed by atoms with E-state index < -0.39 is 0 Å². The van der Waals surface area contributed by atoms with Crippen LogP contribution < -0.4 is 10.1 Å². The molecule has 0 bridgehead atoms. The summed E-state index contributed by atoms with van der Waals surface area (Å²) in [6.45, 7) is 7.62. The van der Waals surface area contributed by atoms with Gasteiger partial charge >= 0.3 is 0 Å². The first-order valence-electron chi connectivity index (χ1n) is 7.02. The van der Waals surface area contributed by atoms with E-state index in [0.717, 1.165) is 31.5 Å². The Bertz CT molecular complexity index is 366. The van der Waals surface area contributed by atoms with E-state index in [0.29, 0.717) is 24.4 Å². The molecule has 1 unspecified atom stereocenters. The lowest BCUT2D eigenvalue weighted by atomic mass is 10.0. The topological polar surface area (TPSA) is 67.3 Å². The number of anilines is 1. The summed E-state index contributed by atoms with van der Waals surface area (Å²) >= 11 is 0. The van der Waals surface area contributed by atoms with E-state index >= 15 is 0 Å². The van der Waals surface area contributed by atoms with E-state index in [9.17, 15) is 0 Å². The second-order valence-electron chi connectivity index (χ2n) is 4.65. The van der Waals surface area contributed by atoms with Gasteiger partial charge in [-0.1, -0.05) is 13.3 Å². The highest BCUT2D eigenvalue weighted by atomic mass is 16.5. The number of aliphatic hydroxyl groups is 1. The maximum Gasteiger partial charge on any atom is 0.226 e. The smallest absolute Gasteiger partial charge is 0.226 e. The van der Waals surface area contributed by atoms with Crippen LogP contribution in [-0.4, -0.2) is 34.8 Å². The fraction of sp³-hybridized carbons (Fsp3) is 0.714. The molecule has 0 aliphatic heterocycles. The van der Waals surface area contributed by atoms with Crippen molar-refractivity contribution in [3.63, 3.8) is 0 Å². The molecule has 1 rings (SSSR count). The summed E-state index contributed by atoms with van der Waals surface area (Å²) in [4.78, 5) is 8.65. The van der Waals surface area contributed by atoms with Crippen LogP contribution in [0.15, 0.2) is 6.07 Å². The van der Waals surface area contributed by atoms with Gasteiger partial charge < -0.3 is 15.2 Å². The molecule has 1 atom stereocenters. The Labute approximate surface area is 115 Å².